The number of carbonyl (C=O) groups is 1. The minimum Gasteiger partial charge on any atom is -0.369 e. The number of halogens is 1. The number of carbonyl (C=O) groups excluding carboxylic acids is 1. The second kappa shape index (κ2) is 3.59. The van der Waals surface area contributed by atoms with E-state index >= 15 is 0 Å². The zero-order chi connectivity index (χ0) is 15.7. The van der Waals surface area contributed by atoms with E-state index in [0.29, 0.717) is 0 Å². The van der Waals surface area contributed by atoms with Crippen LogP contribution in [0.25, 0.3) is 0 Å². The second-order valence-corrected chi connectivity index (χ2v) is 4.64. The molecule has 0 atom stereocenters. The molecule has 1 amide bonds. The third-order valence-corrected chi connectivity index (χ3v) is 3.43. The first-order valence-corrected chi connectivity index (χ1v) is 4.84. The minimum absolute atomic E-state index is 0.0343. The van der Waals surface area contributed by atoms with E-state index in [1.54, 1.807) is 0 Å². The van der Waals surface area contributed by atoms with Crippen LogP contribution in [0.3, 0.4) is 0 Å². The molecule has 19 heavy (non-hydrogen) atoms. The molecule has 0 aliphatic heterocycles. The number of aliphatic hydroxyl groups is 8. The van der Waals surface area contributed by atoms with Gasteiger partial charge in [-0.05, 0) is 6.92 Å². The number of nitrogens with two attached hydrogens (primary N) is 1. The molecule has 0 aromatic heterocycles. The summed E-state index contributed by atoms with van der Waals surface area (Å²) in [6.45, 7) is 0.0343. The van der Waals surface area contributed by atoms with Crippen LogP contribution in [0.4, 0.5) is 4.39 Å². The lowest BCUT2D eigenvalue weighted by Gasteiger charge is -2.59. The van der Waals surface area contributed by atoms with Gasteiger partial charge in [-0.25, -0.2) is 4.39 Å². The summed E-state index contributed by atoms with van der Waals surface area (Å²) >= 11 is 0. The van der Waals surface area contributed by atoms with E-state index in [0.717, 1.165) is 0 Å². The Morgan fingerprint density at radius 2 is 1.21 bits per heavy atom. The van der Waals surface area contributed by atoms with E-state index in [1.807, 2.05) is 0 Å². The van der Waals surface area contributed by atoms with Crippen molar-refractivity contribution in [1.82, 2.24) is 0 Å². The molecule has 1 fully saturated rings. The monoisotopic (exact) mass is 287 g/mol. The number of alkyl halides is 1. The van der Waals surface area contributed by atoms with Crippen LogP contribution in [0.15, 0.2) is 0 Å². The molecule has 0 saturated heterocycles. The molecule has 1 saturated carbocycles. The Morgan fingerprint density at radius 3 is 1.42 bits per heavy atom. The van der Waals surface area contributed by atoms with Gasteiger partial charge in [-0.1, -0.05) is 0 Å². The van der Waals surface area contributed by atoms with Gasteiger partial charge in [0.2, 0.25) is 23.2 Å². The first-order chi connectivity index (χ1) is 8.07. The summed E-state index contributed by atoms with van der Waals surface area (Å²) < 4.78 is 14.1. The van der Waals surface area contributed by atoms with Gasteiger partial charge in [0.25, 0.3) is 11.6 Å². The number of rotatable bonds is 1. The highest BCUT2D eigenvalue weighted by molar-refractivity contribution is 5.79. The van der Waals surface area contributed by atoms with Crippen molar-refractivity contribution in [3.63, 3.8) is 0 Å². The Bertz CT molecular complexity index is 386. The summed E-state index contributed by atoms with van der Waals surface area (Å²) in [5.41, 5.74) is 0.422. The van der Waals surface area contributed by atoms with Crippen molar-refractivity contribution in [1.29, 1.82) is 0 Å². The maximum atomic E-state index is 14.1. The van der Waals surface area contributed by atoms with E-state index in [2.05, 4.69) is 5.73 Å². The minimum atomic E-state index is -4.36. The second-order valence-electron chi connectivity index (χ2n) is 4.64. The van der Waals surface area contributed by atoms with E-state index in [4.69, 9.17) is 0 Å². The molecule has 11 heteroatoms. The van der Waals surface area contributed by atoms with Gasteiger partial charge in [-0.3, -0.25) is 4.79 Å². The molecule has 0 heterocycles. The Labute approximate surface area is 104 Å². The zero-order valence-corrected chi connectivity index (χ0v) is 9.52. The lowest BCUT2D eigenvalue weighted by atomic mass is 9.63. The normalized spacial score (nSPS) is 38.7. The van der Waals surface area contributed by atoms with E-state index in [9.17, 15) is 50.0 Å². The molecule has 0 bridgehead atoms. The highest BCUT2D eigenvalue weighted by Gasteiger charge is 2.85. The number of hydrogen-bond acceptors (Lipinski definition) is 9. The van der Waals surface area contributed by atoms with Crippen LogP contribution in [0.2, 0.25) is 0 Å². The lowest BCUT2D eigenvalue weighted by Crippen LogP contribution is -2.89. The maximum Gasteiger partial charge on any atom is 0.260 e. The van der Waals surface area contributed by atoms with Crippen molar-refractivity contribution in [3.8, 4) is 0 Å². The molecule has 112 valence electrons. The van der Waals surface area contributed by atoms with Crippen molar-refractivity contribution in [3.05, 3.63) is 0 Å². The third kappa shape index (κ3) is 1.49. The van der Waals surface area contributed by atoms with Crippen molar-refractivity contribution in [2.75, 3.05) is 0 Å². The highest BCUT2D eigenvalue weighted by Crippen LogP contribution is 2.54. The first kappa shape index (κ1) is 16.1. The quantitative estimate of drug-likeness (QED) is 0.211. The van der Waals surface area contributed by atoms with Crippen LogP contribution >= 0.6 is 0 Å². The fourth-order valence-corrected chi connectivity index (χ4v) is 2.01. The topological polar surface area (TPSA) is 205 Å². The van der Waals surface area contributed by atoms with Gasteiger partial charge in [0.1, 0.15) is 0 Å². The van der Waals surface area contributed by atoms with Crippen molar-refractivity contribution >= 4 is 5.91 Å². The van der Waals surface area contributed by atoms with Crippen LogP contribution in [0.5, 0.6) is 0 Å². The molecule has 0 radical (unpaired) electrons. The molecule has 10 N–H and O–H groups in total. The van der Waals surface area contributed by atoms with Crippen LogP contribution < -0.4 is 5.73 Å². The van der Waals surface area contributed by atoms with Crippen molar-refractivity contribution in [2.24, 2.45) is 11.7 Å². The largest absolute Gasteiger partial charge is 0.369 e. The molecule has 0 aromatic carbocycles. The number of amides is 1. The fraction of sp³-hybridized carbons (Fsp3) is 0.875. The molecule has 10 nitrogen and oxygen atoms in total. The fourth-order valence-electron chi connectivity index (χ4n) is 2.01. The molecule has 1 aliphatic carbocycles. The van der Waals surface area contributed by atoms with E-state index in [-0.39, 0.29) is 6.92 Å². The molecule has 0 unspecified atom stereocenters. The van der Waals surface area contributed by atoms with Gasteiger partial charge in [-0.2, -0.15) is 0 Å². The van der Waals surface area contributed by atoms with Crippen LogP contribution in [0, 0.1) is 5.92 Å². The molecular weight excluding hydrogens is 273 g/mol. The Morgan fingerprint density at radius 1 is 0.947 bits per heavy atom. The predicted molar refractivity (Wildman–Crippen MR) is 50.9 cm³/mol. The SMILES string of the molecule is CC1(F)C(O)(O)C(O)(O)C(C(N)=O)C(O)(O)C1(O)O. The standard InChI is InChI=1S/C8H14FNO9/c1-4(9)7(16,17)5(12,13)2(3(10)11)6(14,15)8(4,18)19/h2,12-19H,1H3,(H2,10,11). The van der Waals surface area contributed by atoms with Crippen molar-refractivity contribution in [2.45, 2.75) is 35.7 Å². The van der Waals surface area contributed by atoms with Crippen LogP contribution in [-0.2, 0) is 4.79 Å². The van der Waals surface area contributed by atoms with Gasteiger partial charge in [0, 0.05) is 0 Å². The van der Waals surface area contributed by atoms with Gasteiger partial charge in [0.05, 0.1) is 0 Å². The van der Waals surface area contributed by atoms with E-state index in [1.165, 1.54) is 0 Å². The van der Waals surface area contributed by atoms with Gasteiger partial charge < -0.3 is 46.6 Å². The highest BCUT2D eigenvalue weighted by atomic mass is 19.1. The van der Waals surface area contributed by atoms with E-state index < -0.39 is 40.6 Å². The summed E-state index contributed by atoms with van der Waals surface area (Å²) in [5, 5.41) is 75.0. The summed E-state index contributed by atoms with van der Waals surface area (Å²) in [6.07, 6.45) is 0. The molecule has 1 aliphatic rings. The summed E-state index contributed by atoms with van der Waals surface area (Å²) in [7, 11) is 0. The average Bonchev–Trinajstić information content (AvgIpc) is 2.12. The molecule has 0 spiro atoms. The Hall–Kier alpha value is -0.920. The third-order valence-electron chi connectivity index (χ3n) is 3.43. The molecule has 1 rings (SSSR count). The molecular formula is C8H14FNO9. The van der Waals surface area contributed by atoms with Crippen LogP contribution in [-0.4, -0.2) is 75.6 Å². The summed E-state index contributed by atoms with van der Waals surface area (Å²) in [4.78, 5) is 11.0. The average molecular weight is 287 g/mol. The summed E-state index contributed by atoms with van der Waals surface area (Å²) in [5.74, 6) is -22.3. The molecule has 0 aromatic rings. The van der Waals surface area contributed by atoms with Gasteiger partial charge in [-0.15, -0.1) is 0 Å². The van der Waals surface area contributed by atoms with Crippen molar-refractivity contribution < 1.29 is 50.0 Å². The Kier molecular flexibility index (Phi) is 3.05. The maximum absolute atomic E-state index is 14.1. The predicted octanol–water partition coefficient (Wildman–Crippen LogP) is -5.45. The Balaban J connectivity index is 3.70. The number of primary amides is 1. The zero-order valence-electron chi connectivity index (χ0n) is 9.52. The van der Waals surface area contributed by atoms with Gasteiger partial charge >= 0.3 is 0 Å². The number of hydrogen-bond donors (Lipinski definition) is 9. The summed E-state index contributed by atoms with van der Waals surface area (Å²) in [6, 6.07) is 0. The first-order valence-electron chi connectivity index (χ1n) is 4.84. The smallest absolute Gasteiger partial charge is 0.260 e. The van der Waals surface area contributed by atoms with Gasteiger partial charge in [0.15, 0.2) is 5.92 Å². The lowest BCUT2D eigenvalue weighted by molar-refractivity contribution is -0.535. The van der Waals surface area contributed by atoms with Crippen LogP contribution in [0.1, 0.15) is 6.92 Å².